The summed E-state index contributed by atoms with van der Waals surface area (Å²) in [6, 6.07) is 0.411. The molecule has 0 radical (unpaired) electrons. The van der Waals surface area contributed by atoms with E-state index in [-0.39, 0.29) is 17.8 Å². The molecule has 0 aromatic heterocycles. The Morgan fingerprint density at radius 3 is 2.69 bits per heavy atom. The van der Waals surface area contributed by atoms with Crippen LogP contribution in [0.4, 0.5) is 0 Å². The quantitative estimate of drug-likeness (QED) is 0.716. The number of nitrogens with zero attached hydrogens (tertiary/aromatic N) is 1. The largest absolute Gasteiger partial charge is 0.395 e. The molecule has 1 aliphatic carbocycles. The average Bonchev–Trinajstić information content (AvgIpc) is 2.95. The highest BCUT2D eigenvalue weighted by Crippen LogP contribution is 2.28. The fraction of sp³-hybridized carbons (Fsp3) is 0.889. The Morgan fingerprint density at radius 1 is 1.69 bits per heavy atom. The van der Waals surface area contributed by atoms with Gasteiger partial charge in [0.05, 0.1) is 11.9 Å². The van der Waals surface area contributed by atoms with E-state index in [0.29, 0.717) is 12.6 Å². The molecule has 0 aliphatic heterocycles. The van der Waals surface area contributed by atoms with Crippen LogP contribution in [0.15, 0.2) is 0 Å². The molecule has 76 valence electrons. The number of hydrogen-bond acceptors (Lipinski definition) is 3. The van der Waals surface area contributed by atoms with Gasteiger partial charge in [-0.3, -0.25) is 4.79 Å². The molecule has 4 heteroatoms. The van der Waals surface area contributed by atoms with E-state index >= 15 is 0 Å². The van der Waals surface area contributed by atoms with Gasteiger partial charge in [0, 0.05) is 12.6 Å². The molecular formula is C9H17NO2S. The Morgan fingerprint density at radius 2 is 2.31 bits per heavy atom. The monoisotopic (exact) mass is 203 g/mol. The summed E-state index contributed by atoms with van der Waals surface area (Å²) in [5.74, 6) is 0.170. The van der Waals surface area contributed by atoms with Gasteiger partial charge >= 0.3 is 0 Å². The van der Waals surface area contributed by atoms with Crippen molar-refractivity contribution in [3.8, 4) is 0 Å². The topological polar surface area (TPSA) is 40.5 Å². The van der Waals surface area contributed by atoms with Crippen molar-refractivity contribution in [3.63, 3.8) is 0 Å². The molecule has 0 bridgehead atoms. The lowest BCUT2D eigenvalue weighted by Gasteiger charge is -2.23. The lowest BCUT2D eigenvalue weighted by atomic mass is 10.3. The van der Waals surface area contributed by atoms with E-state index in [2.05, 4.69) is 0 Å². The van der Waals surface area contributed by atoms with Gasteiger partial charge in [-0.2, -0.15) is 11.8 Å². The third-order valence-electron chi connectivity index (χ3n) is 2.31. The van der Waals surface area contributed by atoms with Gasteiger partial charge in [-0.25, -0.2) is 0 Å². The Balaban J connectivity index is 2.47. The molecule has 1 unspecified atom stereocenters. The molecular weight excluding hydrogens is 186 g/mol. The van der Waals surface area contributed by atoms with Crippen LogP contribution < -0.4 is 0 Å². The lowest BCUT2D eigenvalue weighted by molar-refractivity contribution is -0.131. The van der Waals surface area contributed by atoms with Crippen LogP contribution in [0.25, 0.3) is 0 Å². The van der Waals surface area contributed by atoms with Gasteiger partial charge < -0.3 is 10.0 Å². The summed E-state index contributed by atoms with van der Waals surface area (Å²) in [6.45, 7) is 2.48. The van der Waals surface area contributed by atoms with Crippen molar-refractivity contribution in [1.82, 2.24) is 4.90 Å². The smallest absolute Gasteiger partial charge is 0.235 e. The number of hydrogen-bond donors (Lipinski definition) is 1. The number of amides is 1. The molecule has 0 heterocycles. The summed E-state index contributed by atoms with van der Waals surface area (Å²) >= 11 is 1.56. The number of thioether (sulfide) groups is 1. The van der Waals surface area contributed by atoms with E-state index in [1.54, 1.807) is 11.8 Å². The third kappa shape index (κ3) is 2.88. The van der Waals surface area contributed by atoms with Gasteiger partial charge in [-0.05, 0) is 26.0 Å². The molecule has 1 aliphatic rings. The van der Waals surface area contributed by atoms with Crippen LogP contribution in [0.2, 0.25) is 0 Å². The van der Waals surface area contributed by atoms with Gasteiger partial charge in [0.15, 0.2) is 0 Å². The highest BCUT2D eigenvalue weighted by atomic mass is 32.2. The first kappa shape index (κ1) is 10.9. The molecule has 1 rings (SSSR count). The minimum Gasteiger partial charge on any atom is -0.395 e. The van der Waals surface area contributed by atoms with Crippen molar-refractivity contribution in [2.45, 2.75) is 31.1 Å². The van der Waals surface area contributed by atoms with Gasteiger partial charge in [0.1, 0.15) is 0 Å². The minimum atomic E-state index is 0.0205. The van der Waals surface area contributed by atoms with Crippen LogP contribution in [0, 0.1) is 0 Å². The van der Waals surface area contributed by atoms with Crippen LogP contribution in [0.1, 0.15) is 19.8 Å². The third-order valence-corrected chi connectivity index (χ3v) is 3.22. The molecule has 1 N–H and O–H groups in total. The van der Waals surface area contributed by atoms with E-state index in [1.165, 1.54) is 0 Å². The maximum Gasteiger partial charge on any atom is 0.235 e. The molecule has 0 aromatic carbocycles. The standard InChI is InChI=1S/C9H17NO2S/c1-7(13-2)9(12)10(5-6-11)8-3-4-8/h7-8,11H,3-6H2,1-2H3. The Labute approximate surface area is 83.5 Å². The zero-order valence-corrected chi connectivity index (χ0v) is 9.01. The first-order valence-electron chi connectivity index (χ1n) is 4.64. The second-order valence-corrected chi connectivity index (χ2v) is 4.54. The van der Waals surface area contributed by atoms with Crippen LogP contribution in [-0.2, 0) is 4.79 Å². The van der Waals surface area contributed by atoms with Gasteiger partial charge in [-0.1, -0.05) is 0 Å². The SMILES string of the molecule is CSC(C)C(=O)N(CCO)C1CC1. The van der Waals surface area contributed by atoms with E-state index in [9.17, 15) is 4.79 Å². The van der Waals surface area contributed by atoms with Crippen molar-refractivity contribution < 1.29 is 9.90 Å². The lowest BCUT2D eigenvalue weighted by Crippen LogP contribution is -2.40. The summed E-state index contributed by atoms with van der Waals surface area (Å²) < 4.78 is 0. The summed E-state index contributed by atoms with van der Waals surface area (Å²) in [5.41, 5.74) is 0. The first-order chi connectivity index (χ1) is 6.20. The number of carbonyl (C=O) groups is 1. The summed E-state index contributed by atoms with van der Waals surface area (Å²) in [7, 11) is 0. The molecule has 0 aromatic rings. The molecule has 1 amide bonds. The maximum absolute atomic E-state index is 11.7. The number of aliphatic hydroxyl groups is 1. The number of aliphatic hydroxyl groups excluding tert-OH is 1. The zero-order valence-electron chi connectivity index (χ0n) is 8.19. The van der Waals surface area contributed by atoms with Gasteiger partial charge in [-0.15, -0.1) is 0 Å². The molecule has 1 saturated carbocycles. The zero-order chi connectivity index (χ0) is 9.84. The second kappa shape index (κ2) is 4.86. The summed E-state index contributed by atoms with van der Waals surface area (Å²) in [4.78, 5) is 13.6. The molecule has 13 heavy (non-hydrogen) atoms. The van der Waals surface area contributed by atoms with Crippen molar-refractivity contribution in [3.05, 3.63) is 0 Å². The number of rotatable bonds is 5. The maximum atomic E-state index is 11.7. The fourth-order valence-electron chi connectivity index (χ4n) is 1.30. The molecule has 3 nitrogen and oxygen atoms in total. The van der Waals surface area contributed by atoms with Crippen molar-refractivity contribution in [2.75, 3.05) is 19.4 Å². The summed E-state index contributed by atoms with van der Waals surface area (Å²) in [5, 5.41) is 8.84. The van der Waals surface area contributed by atoms with E-state index in [4.69, 9.17) is 5.11 Å². The fourth-order valence-corrected chi connectivity index (χ4v) is 1.64. The second-order valence-electron chi connectivity index (χ2n) is 3.36. The Hall–Kier alpha value is -0.220. The van der Waals surface area contributed by atoms with E-state index < -0.39 is 0 Å². The molecule has 0 spiro atoms. The van der Waals surface area contributed by atoms with Gasteiger partial charge in [0.25, 0.3) is 0 Å². The Bertz CT molecular complexity index is 182. The van der Waals surface area contributed by atoms with Crippen LogP contribution in [0.5, 0.6) is 0 Å². The van der Waals surface area contributed by atoms with Crippen molar-refractivity contribution >= 4 is 17.7 Å². The summed E-state index contributed by atoms with van der Waals surface area (Å²) in [6.07, 6.45) is 4.15. The predicted octanol–water partition coefficient (Wildman–Crippen LogP) is 0.721. The van der Waals surface area contributed by atoms with Crippen molar-refractivity contribution in [1.29, 1.82) is 0 Å². The van der Waals surface area contributed by atoms with Crippen LogP contribution in [0.3, 0.4) is 0 Å². The minimum absolute atomic E-state index is 0.0205. The van der Waals surface area contributed by atoms with Crippen LogP contribution in [-0.4, -0.2) is 46.6 Å². The van der Waals surface area contributed by atoms with Crippen molar-refractivity contribution in [2.24, 2.45) is 0 Å². The highest BCUT2D eigenvalue weighted by Gasteiger charge is 2.33. The molecule has 1 atom stereocenters. The highest BCUT2D eigenvalue weighted by molar-refractivity contribution is 7.99. The number of carbonyl (C=O) groups excluding carboxylic acids is 1. The van der Waals surface area contributed by atoms with E-state index in [0.717, 1.165) is 12.8 Å². The predicted molar refractivity (Wildman–Crippen MR) is 54.8 cm³/mol. The van der Waals surface area contributed by atoms with E-state index in [1.807, 2.05) is 18.1 Å². The average molecular weight is 203 g/mol. The Kier molecular flexibility index (Phi) is 4.06. The molecule has 0 saturated heterocycles. The normalized spacial score (nSPS) is 18.4. The van der Waals surface area contributed by atoms with Gasteiger partial charge in [0.2, 0.25) is 5.91 Å². The first-order valence-corrected chi connectivity index (χ1v) is 5.93. The van der Waals surface area contributed by atoms with Crippen LogP contribution >= 0.6 is 11.8 Å². The molecule has 1 fully saturated rings.